The number of hydrogen-bond donors (Lipinski definition) is 0. The Hall–Kier alpha value is -1.33. The van der Waals surface area contributed by atoms with Crippen molar-refractivity contribution in [3.8, 4) is 6.07 Å². The van der Waals surface area contributed by atoms with Gasteiger partial charge in [0.1, 0.15) is 0 Å². The summed E-state index contributed by atoms with van der Waals surface area (Å²) >= 11 is 0. The van der Waals surface area contributed by atoms with Crippen LogP contribution in [0.1, 0.15) is 11.1 Å². The van der Waals surface area contributed by atoms with E-state index >= 15 is 0 Å². The Balaban J connectivity index is 2.63. The Bertz CT molecular complexity index is 301. The Morgan fingerprint density at radius 1 is 1.38 bits per heavy atom. The van der Waals surface area contributed by atoms with Gasteiger partial charge >= 0.3 is 0 Å². The standard InChI is InChI=1S/C11H13NO/c1-13-8-6-11-4-2-3-10(9-11)5-7-12/h2-4,9H,5-6,8H2,1H3. The largest absolute Gasteiger partial charge is 0.384 e. The Morgan fingerprint density at radius 3 is 2.85 bits per heavy atom. The van der Waals surface area contributed by atoms with E-state index in [0.29, 0.717) is 6.42 Å². The third-order valence-corrected chi connectivity index (χ3v) is 1.87. The molecule has 0 saturated carbocycles. The van der Waals surface area contributed by atoms with Crippen molar-refractivity contribution in [1.82, 2.24) is 0 Å². The molecule has 0 aliphatic rings. The highest BCUT2D eigenvalue weighted by molar-refractivity contribution is 5.25. The van der Waals surface area contributed by atoms with Crippen molar-refractivity contribution < 1.29 is 4.74 Å². The average Bonchev–Trinajstić information content (AvgIpc) is 2.16. The third-order valence-electron chi connectivity index (χ3n) is 1.87. The van der Waals surface area contributed by atoms with Crippen LogP contribution >= 0.6 is 0 Å². The van der Waals surface area contributed by atoms with E-state index in [9.17, 15) is 0 Å². The predicted molar refractivity (Wildman–Crippen MR) is 51.3 cm³/mol. The molecule has 0 saturated heterocycles. The minimum atomic E-state index is 0.487. The van der Waals surface area contributed by atoms with Gasteiger partial charge in [0, 0.05) is 7.11 Å². The van der Waals surface area contributed by atoms with Gasteiger partial charge < -0.3 is 4.74 Å². The zero-order valence-corrected chi connectivity index (χ0v) is 7.79. The van der Waals surface area contributed by atoms with Crippen LogP contribution < -0.4 is 0 Å². The minimum Gasteiger partial charge on any atom is -0.384 e. The highest BCUT2D eigenvalue weighted by atomic mass is 16.5. The molecule has 0 N–H and O–H groups in total. The zero-order valence-electron chi connectivity index (χ0n) is 7.79. The Morgan fingerprint density at radius 2 is 2.15 bits per heavy atom. The first kappa shape index (κ1) is 9.76. The normalized spacial score (nSPS) is 9.54. The molecule has 0 heterocycles. The molecule has 13 heavy (non-hydrogen) atoms. The van der Waals surface area contributed by atoms with Crippen LogP contribution in [0.2, 0.25) is 0 Å². The van der Waals surface area contributed by atoms with E-state index in [1.54, 1.807) is 7.11 Å². The van der Waals surface area contributed by atoms with E-state index < -0.39 is 0 Å². The molecule has 0 atom stereocenters. The van der Waals surface area contributed by atoms with Gasteiger partial charge in [-0.2, -0.15) is 5.26 Å². The second-order valence-electron chi connectivity index (χ2n) is 2.90. The van der Waals surface area contributed by atoms with Crippen molar-refractivity contribution in [2.75, 3.05) is 13.7 Å². The molecule has 0 aliphatic heterocycles. The topological polar surface area (TPSA) is 33.0 Å². The van der Waals surface area contributed by atoms with Crippen molar-refractivity contribution in [3.63, 3.8) is 0 Å². The van der Waals surface area contributed by atoms with Crippen molar-refractivity contribution in [2.45, 2.75) is 12.8 Å². The molecule has 0 radical (unpaired) electrons. The number of benzene rings is 1. The fourth-order valence-electron chi connectivity index (χ4n) is 1.21. The fraction of sp³-hybridized carbons (Fsp3) is 0.364. The number of ether oxygens (including phenoxy) is 1. The maximum atomic E-state index is 8.51. The van der Waals surface area contributed by atoms with Gasteiger partial charge in [-0.05, 0) is 17.5 Å². The van der Waals surface area contributed by atoms with Gasteiger partial charge in [-0.15, -0.1) is 0 Å². The van der Waals surface area contributed by atoms with Gasteiger partial charge in [-0.1, -0.05) is 24.3 Å². The number of methoxy groups -OCH3 is 1. The SMILES string of the molecule is COCCc1cccc(CC#N)c1. The van der Waals surface area contributed by atoms with Crippen LogP contribution in [0.15, 0.2) is 24.3 Å². The first-order chi connectivity index (χ1) is 6.36. The average molecular weight is 175 g/mol. The maximum Gasteiger partial charge on any atom is 0.0669 e. The van der Waals surface area contributed by atoms with Crippen LogP contribution in [-0.2, 0) is 17.6 Å². The lowest BCUT2D eigenvalue weighted by Gasteiger charge is -2.01. The molecule has 0 amide bonds. The summed E-state index contributed by atoms with van der Waals surface area (Å²) in [4.78, 5) is 0. The maximum absolute atomic E-state index is 8.51. The van der Waals surface area contributed by atoms with Crippen molar-refractivity contribution >= 4 is 0 Å². The lowest BCUT2D eigenvalue weighted by molar-refractivity contribution is 0.202. The van der Waals surface area contributed by atoms with Crippen LogP contribution in [0.25, 0.3) is 0 Å². The molecule has 0 aromatic heterocycles. The summed E-state index contributed by atoms with van der Waals surface area (Å²) in [7, 11) is 1.69. The van der Waals surface area contributed by atoms with E-state index in [1.807, 2.05) is 12.1 Å². The summed E-state index contributed by atoms with van der Waals surface area (Å²) in [6.07, 6.45) is 1.40. The molecule has 0 unspecified atom stereocenters. The fourth-order valence-corrected chi connectivity index (χ4v) is 1.21. The van der Waals surface area contributed by atoms with Crippen molar-refractivity contribution in [1.29, 1.82) is 5.26 Å². The van der Waals surface area contributed by atoms with Crippen molar-refractivity contribution in [3.05, 3.63) is 35.4 Å². The molecule has 0 bridgehead atoms. The third kappa shape index (κ3) is 3.27. The summed E-state index contributed by atoms with van der Waals surface area (Å²) in [6, 6.07) is 10.2. The summed E-state index contributed by atoms with van der Waals surface area (Å²) in [5.41, 5.74) is 2.31. The van der Waals surface area contributed by atoms with Gasteiger partial charge in [0.15, 0.2) is 0 Å². The van der Waals surface area contributed by atoms with E-state index in [4.69, 9.17) is 10.00 Å². The Labute approximate surface area is 78.8 Å². The number of nitrogens with zero attached hydrogens (tertiary/aromatic N) is 1. The number of rotatable bonds is 4. The monoisotopic (exact) mass is 175 g/mol. The van der Waals surface area contributed by atoms with E-state index in [-0.39, 0.29) is 0 Å². The molecule has 68 valence electrons. The van der Waals surface area contributed by atoms with Crippen LogP contribution in [0, 0.1) is 11.3 Å². The summed E-state index contributed by atoms with van der Waals surface area (Å²) < 4.78 is 4.98. The highest BCUT2D eigenvalue weighted by Crippen LogP contribution is 2.06. The lowest BCUT2D eigenvalue weighted by Crippen LogP contribution is -1.95. The Kier molecular flexibility index (Phi) is 4.01. The molecule has 1 aromatic rings. The molecule has 1 rings (SSSR count). The first-order valence-electron chi connectivity index (χ1n) is 4.30. The van der Waals surface area contributed by atoms with E-state index in [2.05, 4.69) is 18.2 Å². The predicted octanol–water partition coefficient (Wildman–Crippen LogP) is 1.94. The summed E-state index contributed by atoms with van der Waals surface area (Å²) in [6.45, 7) is 0.732. The molecule has 0 aliphatic carbocycles. The van der Waals surface area contributed by atoms with Crippen LogP contribution in [0.3, 0.4) is 0 Å². The quantitative estimate of drug-likeness (QED) is 0.700. The molecular weight excluding hydrogens is 162 g/mol. The molecule has 1 aromatic carbocycles. The number of nitriles is 1. The van der Waals surface area contributed by atoms with Crippen LogP contribution in [0.5, 0.6) is 0 Å². The summed E-state index contributed by atoms with van der Waals surface area (Å²) in [5.74, 6) is 0. The van der Waals surface area contributed by atoms with Crippen LogP contribution in [-0.4, -0.2) is 13.7 Å². The van der Waals surface area contributed by atoms with Crippen LogP contribution in [0.4, 0.5) is 0 Å². The first-order valence-corrected chi connectivity index (χ1v) is 4.30. The molecule has 2 heteroatoms. The highest BCUT2D eigenvalue weighted by Gasteiger charge is 1.95. The smallest absolute Gasteiger partial charge is 0.0669 e. The lowest BCUT2D eigenvalue weighted by atomic mass is 10.1. The second kappa shape index (κ2) is 5.34. The van der Waals surface area contributed by atoms with Gasteiger partial charge in [-0.3, -0.25) is 0 Å². The van der Waals surface area contributed by atoms with Gasteiger partial charge in [0.05, 0.1) is 19.1 Å². The second-order valence-corrected chi connectivity index (χ2v) is 2.90. The zero-order chi connectivity index (χ0) is 9.52. The summed E-state index contributed by atoms with van der Waals surface area (Å²) in [5, 5.41) is 8.51. The molecule has 2 nitrogen and oxygen atoms in total. The van der Waals surface area contributed by atoms with E-state index in [0.717, 1.165) is 18.6 Å². The molecule has 0 fully saturated rings. The van der Waals surface area contributed by atoms with Crippen molar-refractivity contribution in [2.24, 2.45) is 0 Å². The molecular formula is C11H13NO. The van der Waals surface area contributed by atoms with Gasteiger partial charge in [-0.25, -0.2) is 0 Å². The van der Waals surface area contributed by atoms with Gasteiger partial charge in [0.25, 0.3) is 0 Å². The minimum absolute atomic E-state index is 0.487. The molecule has 0 spiro atoms. The number of hydrogen-bond acceptors (Lipinski definition) is 2. The van der Waals surface area contributed by atoms with E-state index in [1.165, 1.54) is 5.56 Å². The van der Waals surface area contributed by atoms with Gasteiger partial charge in [0.2, 0.25) is 0 Å².